The highest BCUT2D eigenvalue weighted by Crippen LogP contribution is 2.40. The van der Waals surface area contributed by atoms with E-state index in [2.05, 4.69) is 4.98 Å². The number of sulfonamides is 1. The lowest BCUT2D eigenvalue weighted by Crippen LogP contribution is -2.53. The number of primary sulfonamides is 1. The molecule has 2 aliphatic heterocycles. The van der Waals surface area contributed by atoms with Crippen molar-refractivity contribution in [3.63, 3.8) is 0 Å². The van der Waals surface area contributed by atoms with Crippen LogP contribution in [0.25, 0.3) is 11.3 Å². The van der Waals surface area contributed by atoms with E-state index >= 15 is 0 Å². The minimum absolute atomic E-state index is 0.181. The smallest absolute Gasteiger partial charge is 0.294 e. The molecule has 1 aromatic heterocycles. The molecule has 1 saturated heterocycles. The maximum Gasteiger partial charge on any atom is 0.329 e. The number of anilines is 2. The first-order chi connectivity index (χ1) is 15.2. The van der Waals surface area contributed by atoms with Crippen LogP contribution < -0.4 is 14.9 Å². The van der Waals surface area contributed by atoms with Gasteiger partial charge in [-0.15, -0.1) is 0 Å². The SMILES string of the molecule is NS(=O)(=O)c1cc2c(cc1F)CC1CCN(c3ccc(-c4cc(F)ccn4)cc3)C(=O)N21. The Morgan fingerprint density at radius 3 is 2.50 bits per heavy atom. The highest BCUT2D eigenvalue weighted by atomic mass is 32.2. The number of hydrogen-bond acceptors (Lipinski definition) is 4. The highest BCUT2D eigenvalue weighted by Gasteiger charge is 2.41. The van der Waals surface area contributed by atoms with Crippen LogP contribution in [-0.2, 0) is 16.4 Å². The zero-order valence-corrected chi connectivity index (χ0v) is 17.5. The number of benzene rings is 2. The number of urea groups is 1. The second-order valence-electron chi connectivity index (χ2n) is 7.81. The van der Waals surface area contributed by atoms with Crippen molar-refractivity contribution in [3.8, 4) is 11.3 Å². The fourth-order valence-electron chi connectivity index (χ4n) is 4.34. The molecule has 164 valence electrons. The van der Waals surface area contributed by atoms with E-state index in [1.165, 1.54) is 23.2 Å². The van der Waals surface area contributed by atoms with Crippen LogP contribution in [0, 0.1) is 11.6 Å². The Hall–Kier alpha value is -3.37. The Morgan fingerprint density at radius 1 is 1.06 bits per heavy atom. The van der Waals surface area contributed by atoms with Gasteiger partial charge in [-0.2, -0.15) is 0 Å². The van der Waals surface area contributed by atoms with Gasteiger partial charge in [0.1, 0.15) is 16.5 Å². The molecule has 32 heavy (non-hydrogen) atoms. The molecular formula is C22H18F2N4O3S. The standard InChI is InChI=1S/C22H18F2N4O3S/c23-15-5-7-26-19(11-15)13-1-3-16(4-2-13)27-8-6-17-9-14-10-18(24)21(32(25,30)31)12-20(14)28(17)22(27)29/h1-5,7,10-12,17H,6,8-9H2,(H2,25,30,31). The molecule has 3 aromatic rings. The predicted octanol–water partition coefficient (Wildman–Crippen LogP) is 3.44. The Kier molecular flexibility index (Phi) is 4.72. The number of nitrogens with two attached hydrogens (primary N) is 1. The average molecular weight is 456 g/mol. The largest absolute Gasteiger partial charge is 0.329 e. The molecule has 2 aliphatic rings. The third-order valence-electron chi connectivity index (χ3n) is 5.84. The first kappa shape index (κ1) is 20.5. The molecular weight excluding hydrogens is 438 g/mol. The lowest BCUT2D eigenvalue weighted by atomic mass is 10.1. The van der Waals surface area contributed by atoms with Crippen LogP contribution in [0.1, 0.15) is 12.0 Å². The molecule has 1 fully saturated rings. The van der Waals surface area contributed by atoms with Gasteiger partial charge in [-0.3, -0.25) is 14.8 Å². The zero-order valence-electron chi connectivity index (χ0n) is 16.7. The summed E-state index contributed by atoms with van der Waals surface area (Å²) in [7, 11) is -4.27. The summed E-state index contributed by atoms with van der Waals surface area (Å²) in [5, 5.41) is 5.13. The summed E-state index contributed by atoms with van der Waals surface area (Å²) in [6.07, 6.45) is 2.46. The van der Waals surface area contributed by atoms with E-state index in [-0.39, 0.29) is 17.9 Å². The quantitative estimate of drug-likeness (QED) is 0.653. The predicted molar refractivity (Wildman–Crippen MR) is 115 cm³/mol. The maximum atomic E-state index is 14.3. The Bertz CT molecular complexity index is 1350. The molecule has 0 bridgehead atoms. The van der Waals surface area contributed by atoms with Crippen LogP contribution in [0.2, 0.25) is 0 Å². The van der Waals surface area contributed by atoms with Gasteiger partial charge in [-0.25, -0.2) is 27.1 Å². The summed E-state index contributed by atoms with van der Waals surface area (Å²) in [5.74, 6) is -1.31. The van der Waals surface area contributed by atoms with Gasteiger partial charge in [-0.1, -0.05) is 12.1 Å². The third-order valence-corrected chi connectivity index (χ3v) is 6.77. The number of carbonyl (C=O) groups excluding carboxylic acids is 1. The van der Waals surface area contributed by atoms with Crippen molar-refractivity contribution in [1.29, 1.82) is 0 Å². The van der Waals surface area contributed by atoms with Crippen molar-refractivity contribution in [1.82, 2.24) is 4.98 Å². The minimum atomic E-state index is -4.27. The first-order valence-electron chi connectivity index (χ1n) is 9.90. The fourth-order valence-corrected chi connectivity index (χ4v) is 4.95. The second kappa shape index (κ2) is 7.35. The van der Waals surface area contributed by atoms with E-state index in [1.807, 2.05) is 0 Å². The molecule has 1 atom stereocenters. The van der Waals surface area contributed by atoms with E-state index < -0.39 is 20.7 Å². The first-order valence-corrected chi connectivity index (χ1v) is 11.4. The number of aromatic nitrogens is 1. The topological polar surface area (TPSA) is 96.6 Å². The Labute approximate surface area is 183 Å². The summed E-state index contributed by atoms with van der Waals surface area (Å²) in [4.78, 5) is 19.9. The van der Waals surface area contributed by atoms with Crippen LogP contribution in [0.5, 0.6) is 0 Å². The van der Waals surface area contributed by atoms with Gasteiger partial charge in [0, 0.05) is 36.1 Å². The number of nitrogens with zero attached hydrogens (tertiary/aromatic N) is 3. The van der Waals surface area contributed by atoms with Gasteiger partial charge in [-0.05, 0) is 48.7 Å². The molecule has 3 heterocycles. The molecule has 0 radical (unpaired) electrons. The minimum Gasteiger partial charge on any atom is -0.294 e. The number of amides is 2. The van der Waals surface area contributed by atoms with Crippen molar-refractivity contribution in [2.45, 2.75) is 23.8 Å². The van der Waals surface area contributed by atoms with Crippen LogP contribution >= 0.6 is 0 Å². The number of carbonyl (C=O) groups is 1. The average Bonchev–Trinajstić information content (AvgIpc) is 3.11. The number of fused-ring (bicyclic) bond motifs is 3. The van der Waals surface area contributed by atoms with Gasteiger partial charge in [0.25, 0.3) is 0 Å². The second-order valence-corrected chi connectivity index (χ2v) is 9.34. The van der Waals surface area contributed by atoms with Crippen LogP contribution in [0.4, 0.5) is 25.0 Å². The van der Waals surface area contributed by atoms with E-state index in [9.17, 15) is 22.0 Å². The van der Waals surface area contributed by atoms with Gasteiger partial charge in [0.2, 0.25) is 10.0 Å². The summed E-state index contributed by atoms with van der Waals surface area (Å²) < 4.78 is 51.2. The Balaban J connectivity index is 1.46. The zero-order chi connectivity index (χ0) is 22.6. The maximum absolute atomic E-state index is 14.3. The molecule has 0 saturated carbocycles. The molecule has 0 spiro atoms. The fraction of sp³-hybridized carbons (Fsp3) is 0.182. The molecule has 2 aromatic carbocycles. The van der Waals surface area contributed by atoms with Crippen molar-refractivity contribution in [2.75, 3.05) is 16.3 Å². The number of hydrogen-bond donors (Lipinski definition) is 1. The Morgan fingerprint density at radius 2 is 1.81 bits per heavy atom. The number of rotatable bonds is 3. The molecule has 5 rings (SSSR count). The molecule has 7 nitrogen and oxygen atoms in total. The molecule has 10 heteroatoms. The van der Waals surface area contributed by atoms with Gasteiger partial charge < -0.3 is 0 Å². The lowest BCUT2D eigenvalue weighted by molar-refractivity contribution is 0.245. The van der Waals surface area contributed by atoms with Crippen molar-refractivity contribution < 1.29 is 22.0 Å². The van der Waals surface area contributed by atoms with Crippen LogP contribution in [-0.4, -0.2) is 32.0 Å². The van der Waals surface area contributed by atoms with E-state index in [0.717, 1.165) is 12.1 Å². The lowest BCUT2D eigenvalue weighted by Gasteiger charge is -2.38. The highest BCUT2D eigenvalue weighted by molar-refractivity contribution is 7.89. The summed E-state index contributed by atoms with van der Waals surface area (Å²) in [6.45, 7) is 0.454. The van der Waals surface area contributed by atoms with Gasteiger partial charge in [0.05, 0.1) is 11.4 Å². The molecule has 2 amide bonds. The molecule has 0 aliphatic carbocycles. The van der Waals surface area contributed by atoms with Crippen LogP contribution in [0.15, 0.2) is 59.6 Å². The van der Waals surface area contributed by atoms with E-state index in [4.69, 9.17) is 5.14 Å². The third kappa shape index (κ3) is 3.41. The normalized spacial score (nSPS) is 18.0. The van der Waals surface area contributed by atoms with Crippen molar-refractivity contribution >= 4 is 27.4 Å². The monoisotopic (exact) mass is 456 g/mol. The summed E-state index contributed by atoms with van der Waals surface area (Å²) in [6, 6.07) is 11.4. The molecule has 2 N–H and O–H groups in total. The van der Waals surface area contributed by atoms with E-state index in [1.54, 1.807) is 29.2 Å². The van der Waals surface area contributed by atoms with Crippen LogP contribution in [0.3, 0.4) is 0 Å². The van der Waals surface area contributed by atoms with Crippen molar-refractivity contribution in [2.24, 2.45) is 5.14 Å². The summed E-state index contributed by atoms with van der Waals surface area (Å²) in [5.41, 5.74) is 2.75. The number of halogens is 2. The van der Waals surface area contributed by atoms with Gasteiger partial charge >= 0.3 is 6.03 Å². The summed E-state index contributed by atoms with van der Waals surface area (Å²) >= 11 is 0. The number of pyridine rings is 1. The molecule has 1 unspecified atom stereocenters. The van der Waals surface area contributed by atoms with Gasteiger partial charge in [0.15, 0.2) is 0 Å². The van der Waals surface area contributed by atoms with E-state index in [0.29, 0.717) is 47.6 Å². The van der Waals surface area contributed by atoms with Crippen molar-refractivity contribution in [3.05, 3.63) is 71.9 Å².